The van der Waals surface area contributed by atoms with Gasteiger partial charge in [-0.05, 0) is 43.1 Å². The highest BCUT2D eigenvalue weighted by Gasteiger charge is 2.28. The molecule has 1 heteroatoms. The summed E-state index contributed by atoms with van der Waals surface area (Å²) in [6.45, 7) is 8.03. The van der Waals surface area contributed by atoms with Crippen molar-refractivity contribution in [1.29, 1.82) is 0 Å². The Morgan fingerprint density at radius 1 is 1.07 bits per heavy atom. The summed E-state index contributed by atoms with van der Waals surface area (Å²) in [7, 11) is 0. The van der Waals surface area contributed by atoms with Crippen molar-refractivity contribution >= 4 is 0 Å². The van der Waals surface area contributed by atoms with E-state index in [1.165, 1.54) is 32.1 Å². The van der Waals surface area contributed by atoms with Crippen LogP contribution in [-0.2, 0) is 0 Å². The molecule has 84 valence electrons. The predicted molar refractivity (Wildman–Crippen MR) is 63.1 cm³/mol. The first-order valence-electron chi connectivity index (χ1n) is 6.37. The highest BCUT2D eigenvalue weighted by Crippen LogP contribution is 2.36. The first-order chi connectivity index (χ1) is 6.66. The fourth-order valence-electron chi connectivity index (χ4n) is 2.89. The Morgan fingerprint density at radius 3 is 2.29 bits per heavy atom. The molecule has 1 aliphatic rings. The molecule has 1 rings (SSSR count). The summed E-state index contributed by atoms with van der Waals surface area (Å²) >= 11 is 0. The van der Waals surface area contributed by atoms with Gasteiger partial charge in [-0.1, -0.05) is 40.0 Å². The summed E-state index contributed by atoms with van der Waals surface area (Å²) in [5.41, 5.74) is 5.90. The minimum Gasteiger partial charge on any atom is -0.330 e. The fraction of sp³-hybridized carbons (Fsp3) is 1.00. The van der Waals surface area contributed by atoms with Gasteiger partial charge in [-0.2, -0.15) is 0 Å². The van der Waals surface area contributed by atoms with E-state index in [0.29, 0.717) is 0 Å². The molecule has 0 aliphatic heterocycles. The third-order valence-electron chi connectivity index (χ3n) is 4.25. The highest BCUT2D eigenvalue weighted by atomic mass is 14.6. The number of hydrogen-bond donors (Lipinski definition) is 1. The van der Waals surface area contributed by atoms with E-state index in [1.54, 1.807) is 0 Å². The summed E-state index contributed by atoms with van der Waals surface area (Å²) in [5, 5.41) is 0. The van der Waals surface area contributed by atoms with Crippen LogP contribution in [0, 0.1) is 23.7 Å². The van der Waals surface area contributed by atoms with E-state index in [0.717, 1.165) is 30.2 Å². The Balaban J connectivity index is 2.60. The Bertz CT molecular complexity index is 153. The van der Waals surface area contributed by atoms with Gasteiger partial charge in [0.1, 0.15) is 0 Å². The SMILES string of the molecule is CC(C)C(C)C1CCCCCC1CN. The monoisotopic (exact) mass is 197 g/mol. The molecule has 1 fully saturated rings. The molecule has 0 aromatic carbocycles. The maximum Gasteiger partial charge on any atom is -0.00461 e. The number of nitrogens with two attached hydrogens (primary N) is 1. The van der Waals surface area contributed by atoms with Gasteiger partial charge in [0.15, 0.2) is 0 Å². The van der Waals surface area contributed by atoms with Crippen LogP contribution in [0.5, 0.6) is 0 Å². The van der Waals surface area contributed by atoms with E-state index in [2.05, 4.69) is 20.8 Å². The number of hydrogen-bond acceptors (Lipinski definition) is 1. The average Bonchev–Trinajstić information content (AvgIpc) is 2.40. The first kappa shape index (κ1) is 12.0. The summed E-state index contributed by atoms with van der Waals surface area (Å²) in [6.07, 6.45) is 7.05. The van der Waals surface area contributed by atoms with Crippen molar-refractivity contribution in [3.05, 3.63) is 0 Å². The smallest absolute Gasteiger partial charge is 0.00461 e. The lowest BCUT2D eigenvalue weighted by Crippen LogP contribution is -2.29. The first-order valence-corrected chi connectivity index (χ1v) is 6.37. The molecule has 0 spiro atoms. The number of rotatable bonds is 3. The largest absolute Gasteiger partial charge is 0.330 e. The molecule has 0 amide bonds. The van der Waals surface area contributed by atoms with Crippen LogP contribution in [-0.4, -0.2) is 6.54 Å². The van der Waals surface area contributed by atoms with Gasteiger partial charge in [-0.25, -0.2) is 0 Å². The van der Waals surface area contributed by atoms with Gasteiger partial charge in [0.05, 0.1) is 0 Å². The molecule has 1 saturated carbocycles. The van der Waals surface area contributed by atoms with Gasteiger partial charge in [0.25, 0.3) is 0 Å². The molecule has 3 unspecified atom stereocenters. The van der Waals surface area contributed by atoms with Gasteiger partial charge in [-0.3, -0.25) is 0 Å². The molecule has 3 atom stereocenters. The summed E-state index contributed by atoms with van der Waals surface area (Å²) in [6, 6.07) is 0. The third-order valence-corrected chi connectivity index (χ3v) is 4.25. The Kier molecular flexibility index (Phi) is 4.94. The summed E-state index contributed by atoms with van der Waals surface area (Å²) < 4.78 is 0. The van der Waals surface area contributed by atoms with Crippen molar-refractivity contribution in [3.63, 3.8) is 0 Å². The summed E-state index contributed by atoms with van der Waals surface area (Å²) in [5.74, 6) is 3.35. The van der Waals surface area contributed by atoms with Crippen molar-refractivity contribution in [1.82, 2.24) is 0 Å². The molecular formula is C13H27N. The quantitative estimate of drug-likeness (QED) is 0.689. The molecule has 1 nitrogen and oxygen atoms in total. The van der Waals surface area contributed by atoms with Gasteiger partial charge in [0.2, 0.25) is 0 Å². The second kappa shape index (κ2) is 5.75. The minimum absolute atomic E-state index is 0.801. The van der Waals surface area contributed by atoms with Crippen molar-refractivity contribution < 1.29 is 0 Å². The molecule has 0 bridgehead atoms. The van der Waals surface area contributed by atoms with E-state index < -0.39 is 0 Å². The molecular weight excluding hydrogens is 170 g/mol. The van der Waals surface area contributed by atoms with Gasteiger partial charge >= 0.3 is 0 Å². The Morgan fingerprint density at radius 2 is 1.71 bits per heavy atom. The molecule has 0 aromatic rings. The molecule has 0 saturated heterocycles. The molecule has 0 heterocycles. The second-order valence-electron chi connectivity index (χ2n) is 5.40. The zero-order valence-corrected chi connectivity index (χ0v) is 10.1. The average molecular weight is 197 g/mol. The van der Waals surface area contributed by atoms with Crippen LogP contribution in [0.3, 0.4) is 0 Å². The second-order valence-corrected chi connectivity index (χ2v) is 5.40. The van der Waals surface area contributed by atoms with Crippen LogP contribution in [0.2, 0.25) is 0 Å². The van der Waals surface area contributed by atoms with Crippen LogP contribution in [0.4, 0.5) is 0 Å². The highest BCUT2D eigenvalue weighted by molar-refractivity contribution is 4.79. The van der Waals surface area contributed by atoms with E-state index in [4.69, 9.17) is 5.73 Å². The van der Waals surface area contributed by atoms with Crippen molar-refractivity contribution in [2.45, 2.75) is 52.9 Å². The minimum atomic E-state index is 0.801. The van der Waals surface area contributed by atoms with Crippen molar-refractivity contribution in [3.8, 4) is 0 Å². The third kappa shape index (κ3) is 2.98. The van der Waals surface area contributed by atoms with Crippen molar-refractivity contribution in [2.75, 3.05) is 6.54 Å². The van der Waals surface area contributed by atoms with Crippen molar-refractivity contribution in [2.24, 2.45) is 29.4 Å². The van der Waals surface area contributed by atoms with E-state index in [9.17, 15) is 0 Å². The zero-order valence-electron chi connectivity index (χ0n) is 10.1. The van der Waals surface area contributed by atoms with Crippen LogP contribution >= 0.6 is 0 Å². The van der Waals surface area contributed by atoms with Gasteiger partial charge in [0, 0.05) is 0 Å². The van der Waals surface area contributed by atoms with Crippen LogP contribution in [0.1, 0.15) is 52.9 Å². The molecule has 0 radical (unpaired) electrons. The van der Waals surface area contributed by atoms with E-state index in [-0.39, 0.29) is 0 Å². The lowest BCUT2D eigenvalue weighted by Gasteiger charge is -2.32. The Hall–Kier alpha value is -0.0400. The standard InChI is InChI=1S/C13H27N/c1-10(2)11(3)13-8-6-4-5-7-12(13)9-14/h10-13H,4-9,14H2,1-3H3. The maximum atomic E-state index is 5.90. The lowest BCUT2D eigenvalue weighted by atomic mass is 9.74. The topological polar surface area (TPSA) is 26.0 Å². The summed E-state index contributed by atoms with van der Waals surface area (Å²) in [4.78, 5) is 0. The van der Waals surface area contributed by atoms with Crippen LogP contribution < -0.4 is 5.73 Å². The normalized spacial score (nSPS) is 31.5. The fourth-order valence-corrected chi connectivity index (χ4v) is 2.89. The zero-order chi connectivity index (χ0) is 10.6. The molecule has 14 heavy (non-hydrogen) atoms. The Labute approximate surface area is 89.5 Å². The molecule has 0 aromatic heterocycles. The van der Waals surface area contributed by atoms with E-state index in [1.807, 2.05) is 0 Å². The van der Waals surface area contributed by atoms with Crippen LogP contribution in [0.15, 0.2) is 0 Å². The molecule has 1 aliphatic carbocycles. The molecule has 2 N–H and O–H groups in total. The lowest BCUT2D eigenvalue weighted by molar-refractivity contribution is 0.185. The maximum absolute atomic E-state index is 5.90. The van der Waals surface area contributed by atoms with E-state index >= 15 is 0 Å². The van der Waals surface area contributed by atoms with Gasteiger partial charge in [-0.15, -0.1) is 0 Å². The predicted octanol–water partition coefficient (Wildman–Crippen LogP) is 3.43. The van der Waals surface area contributed by atoms with Gasteiger partial charge < -0.3 is 5.73 Å². The van der Waals surface area contributed by atoms with Crippen LogP contribution in [0.25, 0.3) is 0 Å².